The van der Waals surface area contributed by atoms with E-state index in [4.69, 9.17) is 23.2 Å². The zero-order chi connectivity index (χ0) is 20.5. The molecular formula is C17H15Cl2F2N3O3S. The van der Waals surface area contributed by atoms with Gasteiger partial charge in [-0.15, -0.1) is 0 Å². The molecule has 0 unspecified atom stereocenters. The molecule has 1 heterocycles. The first-order chi connectivity index (χ1) is 13.2. The van der Waals surface area contributed by atoms with Gasteiger partial charge in [-0.1, -0.05) is 29.3 Å². The lowest BCUT2D eigenvalue weighted by Crippen LogP contribution is -2.37. The van der Waals surface area contributed by atoms with Crippen LogP contribution in [0.15, 0.2) is 36.4 Å². The molecule has 1 fully saturated rings. The van der Waals surface area contributed by atoms with Crippen LogP contribution in [-0.2, 0) is 21.5 Å². The summed E-state index contributed by atoms with van der Waals surface area (Å²) in [6.07, 6.45) is 0. The summed E-state index contributed by atoms with van der Waals surface area (Å²) in [5.41, 5.74) is 0.710. The second kappa shape index (κ2) is 8.30. The maximum atomic E-state index is 13.2. The Kier molecular flexibility index (Phi) is 6.21. The van der Waals surface area contributed by atoms with Crippen molar-refractivity contribution in [2.75, 3.05) is 25.0 Å². The largest absolute Gasteiger partial charge is 0.325 e. The number of carbonyl (C=O) groups is 1. The summed E-state index contributed by atoms with van der Waals surface area (Å²) in [5.74, 6) is -1.73. The summed E-state index contributed by atoms with van der Waals surface area (Å²) in [7, 11) is -3.89. The fraction of sp³-hybridized carbons (Fsp3) is 0.235. The van der Waals surface area contributed by atoms with Crippen LogP contribution in [0.3, 0.4) is 0 Å². The van der Waals surface area contributed by atoms with Gasteiger partial charge in [0.05, 0.1) is 11.6 Å². The van der Waals surface area contributed by atoms with Crippen LogP contribution in [0.1, 0.15) is 5.56 Å². The molecule has 11 heteroatoms. The lowest BCUT2D eigenvalue weighted by molar-refractivity contribution is -0.116. The first-order valence-corrected chi connectivity index (χ1v) is 10.3. The van der Waals surface area contributed by atoms with Gasteiger partial charge in [0.2, 0.25) is 5.91 Å². The summed E-state index contributed by atoms with van der Waals surface area (Å²) in [6, 6.07) is 7.37. The van der Waals surface area contributed by atoms with E-state index >= 15 is 0 Å². The van der Waals surface area contributed by atoms with E-state index in [9.17, 15) is 22.0 Å². The highest BCUT2D eigenvalue weighted by atomic mass is 35.5. The molecule has 0 saturated carbocycles. The number of nitrogens with zero attached hydrogens (tertiary/aromatic N) is 2. The van der Waals surface area contributed by atoms with Crippen molar-refractivity contribution in [2.24, 2.45) is 0 Å². The molecule has 0 spiro atoms. The van der Waals surface area contributed by atoms with E-state index < -0.39 is 34.3 Å². The Morgan fingerprint density at radius 2 is 1.75 bits per heavy atom. The second-order valence-corrected chi connectivity index (χ2v) is 8.83. The molecule has 28 heavy (non-hydrogen) atoms. The number of hydrogen-bond donors (Lipinski definition) is 1. The summed E-state index contributed by atoms with van der Waals surface area (Å²) < 4.78 is 53.8. The quantitative estimate of drug-likeness (QED) is 0.761. The topological polar surface area (TPSA) is 69.7 Å². The van der Waals surface area contributed by atoms with E-state index in [1.165, 1.54) is 24.3 Å². The fourth-order valence-electron chi connectivity index (χ4n) is 2.71. The number of rotatable bonds is 5. The maximum absolute atomic E-state index is 13.2. The normalized spacial score (nSPS) is 17.0. The predicted molar refractivity (Wildman–Crippen MR) is 102 cm³/mol. The van der Waals surface area contributed by atoms with Crippen molar-refractivity contribution in [2.45, 2.75) is 6.54 Å². The third kappa shape index (κ3) is 4.61. The third-order valence-electron chi connectivity index (χ3n) is 4.14. The third-order valence-corrected chi connectivity index (χ3v) is 6.71. The molecule has 6 nitrogen and oxygen atoms in total. The summed E-state index contributed by atoms with van der Waals surface area (Å²) in [4.78, 5) is 12.2. The van der Waals surface area contributed by atoms with Crippen molar-refractivity contribution in [1.82, 2.24) is 8.61 Å². The van der Waals surface area contributed by atoms with Gasteiger partial charge in [0.1, 0.15) is 11.6 Å². The van der Waals surface area contributed by atoms with Gasteiger partial charge in [0.15, 0.2) is 0 Å². The molecule has 0 atom stereocenters. The SMILES string of the molecule is O=C(CN1CCN(Cc2ccc(F)cc2Cl)S1(=O)=O)Nc1ccc(F)c(Cl)c1. The van der Waals surface area contributed by atoms with E-state index in [2.05, 4.69) is 5.32 Å². The molecule has 1 saturated heterocycles. The van der Waals surface area contributed by atoms with Gasteiger partial charge in [-0.3, -0.25) is 4.79 Å². The molecule has 0 aromatic heterocycles. The van der Waals surface area contributed by atoms with Crippen LogP contribution in [0.4, 0.5) is 14.5 Å². The molecule has 0 aliphatic carbocycles. The molecule has 2 aromatic rings. The standard InChI is InChI=1S/C17H15Cl2F2N3O3S/c18-14-7-12(20)2-1-11(14)9-23-5-6-24(28(23,26)27)10-17(25)22-13-3-4-16(21)15(19)8-13/h1-4,7-8H,5-6,9-10H2,(H,22,25). The molecule has 0 radical (unpaired) electrons. The van der Waals surface area contributed by atoms with Crippen molar-refractivity contribution in [3.63, 3.8) is 0 Å². The highest BCUT2D eigenvalue weighted by molar-refractivity contribution is 7.87. The average molecular weight is 450 g/mol. The smallest absolute Gasteiger partial charge is 0.282 e. The number of amides is 1. The second-order valence-electron chi connectivity index (χ2n) is 6.09. The molecule has 3 rings (SSSR count). The van der Waals surface area contributed by atoms with Gasteiger partial charge in [-0.25, -0.2) is 8.78 Å². The van der Waals surface area contributed by atoms with Gasteiger partial charge in [0, 0.05) is 30.3 Å². The highest BCUT2D eigenvalue weighted by Crippen LogP contribution is 2.24. The van der Waals surface area contributed by atoms with E-state index in [1.807, 2.05) is 0 Å². The molecule has 1 aliphatic heterocycles. The number of benzene rings is 2. The van der Waals surface area contributed by atoms with E-state index in [-0.39, 0.29) is 35.4 Å². The Morgan fingerprint density at radius 3 is 2.43 bits per heavy atom. The fourth-order valence-corrected chi connectivity index (χ4v) is 4.65. The summed E-state index contributed by atoms with van der Waals surface area (Å²) in [6.45, 7) is -0.178. The minimum atomic E-state index is -3.89. The average Bonchev–Trinajstić information content (AvgIpc) is 2.88. The number of nitrogens with one attached hydrogen (secondary N) is 1. The predicted octanol–water partition coefficient (Wildman–Crippen LogP) is 3.27. The van der Waals surface area contributed by atoms with Gasteiger partial charge in [-0.2, -0.15) is 17.0 Å². The van der Waals surface area contributed by atoms with Gasteiger partial charge < -0.3 is 5.32 Å². The van der Waals surface area contributed by atoms with E-state index in [0.717, 1.165) is 20.7 Å². The molecule has 150 valence electrons. The summed E-state index contributed by atoms with van der Waals surface area (Å²) in [5, 5.41) is 2.44. The van der Waals surface area contributed by atoms with Gasteiger partial charge >= 0.3 is 0 Å². The van der Waals surface area contributed by atoms with Crippen LogP contribution >= 0.6 is 23.2 Å². The van der Waals surface area contributed by atoms with Crippen molar-refractivity contribution >= 4 is 45.0 Å². The van der Waals surface area contributed by atoms with Gasteiger partial charge in [0.25, 0.3) is 10.2 Å². The minimum absolute atomic E-state index is 0.0346. The summed E-state index contributed by atoms with van der Waals surface area (Å²) >= 11 is 11.6. The van der Waals surface area contributed by atoms with Crippen LogP contribution in [0.2, 0.25) is 10.0 Å². The Hall–Kier alpha value is -1.78. The highest BCUT2D eigenvalue weighted by Gasteiger charge is 2.37. The van der Waals surface area contributed by atoms with Crippen molar-refractivity contribution in [1.29, 1.82) is 0 Å². The van der Waals surface area contributed by atoms with Gasteiger partial charge in [-0.05, 0) is 35.9 Å². The molecule has 1 amide bonds. The number of hydrogen-bond acceptors (Lipinski definition) is 3. The van der Waals surface area contributed by atoms with Crippen LogP contribution in [-0.4, -0.2) is 42.6 Å². The van der Waals surface area contributed by atoms with Crippen LogP contribution in [0.5, 0.6) is 0 Å². The Balaban J connectivity index is 1.65. The maximum Gasteiger partial charge on any atom is 0.282 e. The van der Waals surface area contributed by atoms with Crippen molar-refractivity contribution < 1.29 is 22.0 Å². The Bertz CT molecular complexity index is 1020. The molecule has 1 aliphatic rings. The first-order valence-electron chi connectivity index (χ1n) is 8.11. The van der Waals surface area contributed by atoms with E-state index in [1.54, 1.807) is 0 Å². The molecule has 0 bridgehead atoms. The molecule has 2 aromatic carbocycles. The van der Waals surface area contributed by atoms with Crippen molar-refractivity contribution in [3.8, 4) is 0 Å². The van der Waals surface area contributed by atoms with Crippen LogP contribution in [0, 0.1) is 11.6 Å². The first kappa shape index (κ1) is 20.9. The van der Waals surface area contributed by atoms with Crippen LogP contribution < -0.4 is 5.32 Å². The molecule has 1 N–H and O–H groups in total. The van der Waals surface area contributed by atoms with Crippen molar-refractivity contribution in [3.05, 3.63) is 63.6 Å². The Morgan fingerprint density at radius 1 is 1.04 bits per heavy atom. The zero-order valence-corrected chi connectivity index (χ0v) is 16.7. The number of halogens is 4. The van der Waals surface area contributed by atoms with Crippen LogP contribution in [0.25, 0.3) is 0 Å². The number of carbonyl (C=O) groups excluding carboxylic acids is 1. The number of anilines is 1. The lowest BCUT2D eigenvalue weighted by atomic mass is 10.2. The monoisotopic (exact) mass is 449 g/mol. The Labute approximate surface area is 170 Å². The zero-order valence-electron chi connectivity index (χ0n) is 14.3. The molecular weight excluding hydrogens is 435 g/mol. The minimum Gasteiger partial charge on any atom is -0.325 e. The lowest BCUT2D eigenvalue weighted by Gasteiger charge is -2.19. The van der Waals surface area contributed by atoms with E-state index in [0.29, 0.717) is 5.56 Å².